The van der Waals surface area contributed by atoms with Crippen molar-refractivity contribution in [2.24, 2.45) is 5.10 Å². The van der Waals surface area contributed by atoms with E-state index < -0.39 is 34.9 Å². The number of hydrazone groups is 1. The van der Waals surface area contributed by atoms with Gasteiger partial charge in [-0.25, -0.2) is 0 Å². The van der Waals surface area contributed by atoms with Crippen LogP contribution in [-0.2, 0) is 12.4 Å². The first-order valence-electron chi connectivity index (χ1n) is 6.64. The minimum atomic E-state index is -4.99. The molecule has 0 saturated heterocycles. The molecule has 0 atom stereocenters. The Labute approximate surface area is 127 Å². The molecular weight excluding hydrogens is 326 g/mol. The van der Waals surface area contributed by atoms with Gasteiger partial charge in [-0.1, -0.05) is 4.68 Å². The molecule has 0 N–H and O–H groups in total. The number of rotatable bonds is 2. The first-order chi connectivity index (χ1) is 10.5. The van der Waals surface area contributed by atoms with Gasteiger partial charge < -0.3 is 5.11 Å². The van der Waals surface area contributed by atoms with Gasteiger partial charge in [-0.3, -0.25) is 0 Å². The Morgan fingerprint density at radius 1 is 1.04 bits per heavy atom. The second-order valence-corrected chi connectivity index (χ2v) is 5.16. The van der Waals surface area contributed by atoms with Crippen molar-refractivity contribution in [1.29, 1.82) is 0 Å². The van der Waals surface area contributed by atoms with Gasteiger partial charge in [0, 0.05) is 19.8 Å². The molecule has 0 unspecified atom stereocenters. The molecule has 1 aromatic rings. The maximum Gasteiger partial charge on any atom is 0.416 e. The van der Waals surface area contributed by atoms with Crippen molar-refractivity contribution in [3.8, 4) is 0 Å². The van der Waals surface area contributed by atoms with E-state index in [0.717, 1.165) is 12.1 Å². The lowest BCUT2D eigenvalue weighted by atomic mass is 10.0. The highest BCUT2D eigenvalue weighted by Crippen LogP contribution is 2.36. The third-order valence-corrected chi connectivity index (χ3v) is 3.40. The molecular formula is C14H12F6N2O. The number of hydrogen-bond acceptors (Lipinski definition) is 2. The Morgan fingerprint density at radius 3 is 1.96 bits per heavy atom. The fourth-order valence-corrected chi connectivity index (χ4v) is 2.19. The van der Waals surface area contributed by atoms with Crippen molar-refractivity contribution in [2.45, 2.75) is 32.1 Å². The molecule has 0 radical (unpaired) electrons. The summed E-state index contributed by atoms with van der Waals surface area (Å²) in [6.45, 7) is 2.10. The lowest BCUT2D eigenvalue weighted by molar-refractivity contribution is -0.530. The van der Waals surface area contributed by atoms with Crippen LogP contribution in [0.5, 0.6) is 0 Å². The quantitative estimate of drug-likeness (QED) is 0.354. The van der Waals surface area contributed by atoms with E-state index in [1.807, 2.05) is 0 Å². The van der Waals surface area contributed by atoms with Crippen LogP contribution < -0.4 is 5.11 Å². The third-order valence-electron chi connectivity index (χ3n) is 3.40. The summed E-state index contributed by atoms with van der Waals surface area (Å²) in [5, 5.41) is 15.5. The van der Waals surface area contributed by atoms with E-state index in [4.69, 9.17) is 0 Å². The number of hydrogen-bond donors (Lipinski definition) is 0. The molecule has 0 amide bonds. The first kappa shape index (κ1) is 17.3. The molecule has 1 aliphatic heterocycles. The van der Waals surface area contributed by atoms with Gasteiger partial charge in [-0.15, -0.1) is 0 Å². The molecule has 1 aliphatic rings. The number of nitrogens with zero attached hydrogens (tertiary/aromatic N) is 2. The van der Waals surface area contributed by atoms with Crippen molar-refractivity contribution in [3.05, 3.63) is 34.9 Å². The second-order valence-electron chi connectivity index (χ2n) is 5.16. The summed E-state index contributed by atoms with van der Waals surface area (Å²) < 4.78 is 77.8. The fraction of sp³-hybridized carbons (Fsp3) is 0.429. The molecule has 3 nitrogen and oxygen atoms in total. The fourth-order valence-electron chi connectivity index (χ4n) is 2.19. The first-order valence-corrected chi connectivity index (χ1v) is 6.64. The molecule has 23 heavy (non-hydrogen) atoms. The van der Waals surface area contributed by atoms with E-state index >= 15 is 0 Å². The lowest BCUT2D eigenvalue weighted by Gasteiger charge is -2.16. The van der Waals surface area contributed by atoms with E-state index in [1.54, 1.807) is 6.92 Å². The van der Waals surface area contributed by atoms with Crippen molar-refractivity contribution in [3.63, 3.8) is 0 Å². The minimum absolute atomic E-state index is 0.0238. The van der Waals surface area contributed by atoms with Crippen LogP contribution in [0.1, 0.15) is 36.5 Å². The predicted octanol–water partition coefficient (Wildman–Crippen LogP) is 3.01. The van der Waals surface area contributed by atoms with Crippen LogP contribution in [0.3, 0.4) is 0 Å². The second kappa shape index (κ2) is 5.86. The Hall–Kier alpha value is -2.06. The van der Waals surface area contributed by atoms with Crippen LogP contribution in [0.2, 0.25) is 0 Å². The summed E-state index contributed by atoms with van der Waals surface area (Å²) >= 11 is 0. The normalized spacial score (nSPS) is 17.1. The molecule has 0 aromatic heterocycles. The average Bonchev–Trinajstić information content (AvgIpc) is 2.82. The molecule has 0 saturated carbocycles. The van der Waals surface area contributed by atoms with Gasteiger partial charge in [0.15, 0.2) is 12.3 Å². The summed E-state index contributed by atoms with van der Waals surface area (Å²) in [6.07, 6.45) is -8.59. The Kier molecular flexibility index (Phi) is 4.41. The Balaban J connectivity index is 2.53. The highest BCUT2D eigenvalue weighted by Gasteiger charge is 2.37. The maximum absolute atomic E-state index is 12.7. The van der Waals surface area contributed by atoms with Gasteiger partial charge >= 0.3 is 12.4 Å². The maximum atomic E-state index is 12.7. The molecule has 0 aliphatic carbocycles. The standard InChI is InChI=1S/C14H12F6N2O/c1-8-3-2-4-22(8)21-12(23)9-5-10(13(15,16)17)7-11(6-9)14(18,19)20/h5-7H,2-4H2,1H3. The molecule has 2 rings (SSSR count). The van der Waals surface area contributed by atoms with E-state index in [9.17, 15) is 31.4 Å². The number of alkyl halides is 6. The zero-order valence-corrected chi connectivity index (χ0v) is 11.9. The van der Waals surface area contributed by atoms with Crippen LogP contribution in [0, 0.1) is 0 Å². The molecule has 126 valence electrons. The van der Waals surface area contributed by atoms with Gasteiger partial charge in [0.2, 0.25) is 0 Å². The Bertz CT molecular complexity index is 641. The summed E-state index contributed by atoms with van der Waals surface area (Å²) in [5.74, 6) is -1.14. The molecule has 1 heterocycles. The summed E-state index contributed by atoms with van der Waals surface area (Å²) in [7, 11) is 0. The summed E-state index contributed by atoms with van der Waals surface area (Å²) in [6, 6.07) is 0.739. The smallest absolute Gasteiger partial charge is 0.416 e. The average molecular weight is 338 g/mol. The zero-order valence-electron chi connectivity index (χ0n) is 11.9. The largest absolute Gasteiger partial charge is 0.854 e. The van der Waals surface area contributed by atoms with Gasteiger partial charge in [-0.05, 0) is 28.9 Å². The summed E-state index contributed by atoms with van der Waals surface area (Å²) in [4.78, 5) is 0. The van der Waals surface area contributed by atoms with Crippen molar-refractivity contribution in [2.75, 3.05) is 6.54 Å². The molecule has 0 bridgehead atoms. The molecule has 0 fully saturated rings. The van der Waals surface area contributed by atoms with Crippen LogP contribution in [-0.4, -0.2) is 22.8 Å². The van der Waals surface area contributed by atoms with Crippen LogP contribution in [0.4, 0.5) is 26.3 Å². The highest BCUT2D eigenvalue weighted by molar-refractivity contribution is 5.91. The van der Waals surface area contributed by atoms with E-state index in [0.29, 0.717) is 25.1 Å². The lowest BCUT2D eigenvalue weighted by Crippen LogP contribution is -2.24. The number of halogens is 6. The van der Waals surface area contributed by atoms with Crippen LogP contribution in [0.25, 0.3) is 0 Å². The van der Waals surface area contributed by atoms with Gasteiger partial charge in [-0.2, -0.15) is 26.3 Å². The van der Waals surface area contributed by atoms with E-state index in [2.05, 4.69) is 5.10 Å². The third kappa shape index (κ3) is 4.02. The van der Waals surface area contributed by atoms with Gasteiger partial charge in [0.25, 0.3) is 0 Å². The van der Waals surface area contributed by atoms with Gasteiger partial charge in [0.1, 0.15) is 0 Å². The predicted molar refractivity (Wildman–Crippen MR) is 68.0 cm³/mol. The zero-order chi connectivity index (χ0) is 17.4. The van der Waals surface area contributed by atoms with E-state index in [1.165, 1.54) is 4.68 Å². The molecule has 9 heteroatoms. The van der Waals surface area contributed by atoms with Crippen LogP contribution in [0.15, 0.2) is 23.3 Å². The highest BCUT2D eigenvalue weighted by atomic mass is 19.4. The molecule has 0 spiro atoms. The minimum Gasteiger partial charge on any atom is -0.854 e. The summed E-state index contributed by atoms with van der Waals surface area (Å²) in [5.41, 5.74) is -3.07. The van der Waals surface area contributed by atoms with Crippen molar-refractivity contribution >= 4 is 11.6 Å². The molecule has 1 aromatic carbocycles. The topological polar surface area (TPSA) is 38.4 Å². The Morgan fingerprint density at radius 2 is 1.57 bits per heavy atom. The van der Waals surface area contributed by atoms with Crippen molar-refractivity contribution < 1.29 is 36.1 Å². The van der Waals surface area contributed by atoms with Crippen LogP contribution >= 0.6 is 0 Å². The number of benzene rings is 1. The van der Waals surface area contributed by atoms with Crippen molar-refractivity contribution in [1.82, 2.24) is 0 Å². The van der Waals surface area contributed by atoms with Gasteiger partial charge in [0.05, 0.1) is 17.0 Å². The van der Waals surface area contributed by atoms with E-state index in [-0.39, 0.29) is 6.07 Å². The monoisotopic (exact) mass is 338 g/mol. The SMILES string of the molecule is CC1=[N+](/N=C(\[O-])c2cc(C(F)(F)F)cc(C(F)(F)F)c2)CCC1.